The van der Waals surface area contributed by atoms with Gasteiger partial charge in [0.15, 0.2) is 0 Å². The third-order valence-corrected chi connectivity index (χ3v) is 4.69. The highest BCUT2D eigenvalue weighted by Crippen LogP contribution is 2.33. The minimum Gasteiger partial charge on any atom is -0.392 e. The molecule has 1 fully saturated rings. The molecule has 0 aromatic heterocycles. The maximum Gasteiger partial charge on any atom is 0.127 e. The summed E-state index contributed by atoms with van der Waals surface area (Å²) in [5, 5.41) is 10.7. The van der Waals surface area contributed by atoms with Gasteiger partial charge in [-0.2, -0.15) is 0 Å². The van der Waals surface area contributed by atoms with Gasteiger partial charge in [0.2, 0.25) is 0 Å². The molecule has 19 heavy (non-hydrogen) atoms. The van der Waals surface area contributed by atoms with E-state index in [1.54, 1.807) is 12.1 Å². The van der Waals surface area contributed by atoms with E-state index in [0.717, 1.165) is 18.8 Å². The number of aliphatic hydroxyl groups excluding tert-OH is 1. The zero-order valence-corrected chi connectivity index (χ0v) is 12.2. The molecule has 0 bridgehead atoms. The fourth-order valence-electron chi connectivity index (χ4n) is 3.06. The van der Waals surface area contributed by atoms with Gasteiger partial charge >= 0.3 is 0 Å². The highest BCUT2D eigenvalue weighted by Gasteiger charge is 2.26. The van der Waals surface area contributed by atoms with Crippen molar-refractivity contribution in [3.8, 4) is 0 Å². The summed E-state index contributed by atoms with van der Waals surface area (Å²) < 4.78 is 13.7. The Morgan fingerprint density at radius 1 is 1.32 bits per heavy atom. The molecule has 1 saturated carbocycles. The van der Waals surface area contributed by atoms with Gasteiger partial charge < -0.3 is 5.11 Å². The van der Waals surface area contributed by atoms with Gasteiger partial charge in [-0.15, -0.1) is 0 Å². The summed E-state index contributed by atoms with van der Waals surface area (Å²) in [7, 11) is 0. The average Bonchev–Trinajstić information content (AvgIpc) is 2.42. The number of aliphatic hydroxyl groups is 1. The predicted octanol–water partition coefficient (Wildman–Crippen LogP) is 4.60. The molecule has 0 aliphatic heterocycles. The topological polar surface area (TPSA) is 20.2 Å². The molecule has 1 unspecified atom stereocenters. The fourth-order valence-corrected chi connectivity index (χ4v) is 3.22. The minimum absolute atomic E-state index is 0.311. The van der Waals surface area contributed by atoms with Crippen LogP contribution in [-0.2, 0) is 6.42 Å². The molecule has 2 rings (SSSR count). The third kappa shape index (κ3) is 3.93. The molecule has 0 heterocycles. The summed E-state index contributed by atoms with van der Waals surface area (Å²) in [5.74, 6) is 0.822. The van der Waals surface area contributed by atoms with Crippen LogP contribution in [0.1, 0.15) is 44.6 Å². The first-order chi connectivity index (χ1) is 9.10. The smallest absolute Gasteiger partial charge is 0.127 e. The van der Waals surface area contributed by atoms with Crippen LogP contribution in [0.15, 0.2) is 18.2 Å². The number of halogens is 2. The van der Waals surface area contributed by atoms with Gasteiger partial charge in [-0.05, 0) is 42.4 Å². The molecule has 0 saturated heterocycles. The second-order valence-electron chi connectivity index (χ2n) is 5.70. The van der Waals surface area contributed by atoms with E-state index in [-0.39, 0.29) is 5.82 Å². The molecule has 3 heteroatoms. The van der Waals surface area contributed by atoms with Gasteiger partial charge in [-0.3, -0.25) is 0 Å². The van der Waals surface area contributed by atoms with Crippen molar-refractivity contribution in [3.05, 3.63) is 34.6 Å². The second-order valence-corrected chi connectivity index (χ2v) is 6.13. The standard InChI is InChI=1S/C16H22ClFO/c1-2-11-3-5-12(6-4-11)16(19)9-13-7-8-14(17)10-15(13)18/h7-8,10-12,16,19H,2-6,9H2,1H3. The largest absolute Gasteiger partial charge is 0.392 e. The summed E-state index contributed by atoms with van der Waals surface area (Å²) in [6.45, 7) is 2.23. The average molecular weight is 285 g/mol. The number of hydrogen-bond donors (Lipinski definition) is 1. The Balaban J connectivity index is 1.92. The van der Waals surface area contributed by atoms with Crippen LogP contribution in [0, 0.1) is 17.7 Å². The fraction of sp³-hybridized carbons (Fsp3) is 0.625. The van der Waals surface area contributed by atoms with Gasteiger partial charge in [-0.25, -0.2) is 4.39 Å². The lowest BCUT2D eigenvalue weighted by atomic mass is 9.77. The molecular weight excluding hydrogens is 263 g/mol. The predicted molar refractivity (Wildman–Crippen MR) is 76.9 cm³/mol. The second kappa shape index (κ2) is 6.71. The van der Waals surface area contributed by atoms with Gasteiger partial charge in [-0.1, -0.05) is 43.9 Å². The lowest BCUT2D eigenvalue weighted by molar-refractivity contribution is 0.0728. The number of rotatable bonds is 4. The van der Waals surface area contributed by atoms with Crippen molar-refractivity contribution in [1.29, 1.82) is 0 Å². The molecule has 0 spiro atoms. The molecule has 1 nitrogen and oxygen atoms in total. The van der Waals surface area contributed by atoms with Crippen LogP contribution in [0.25, 0.3) is 0 Å². The Hall–Kier alpha value is -0.600. The summed E-state index contributed by atoms with van der Waals surface area (Å²) >= 11 is 5.73. The normalized spacial score (nSPS) is 25.3. The number of hydrogen-bond acceptors (Lipinski definition) is 1. The molecule has 0 amide bonds. The maximum absolute atomic E-state index is 13.7. The van der Waals surface area contributed by atoms with E-state index in [1.165, 1.54) is 25.3 Å². The lowest BCUT2D eigenvalue weighted by Crippen LogP contribution is -2.27. The van der Waals surface area contributed by atoms with Gasteiger partial charge in [0, 0.05) is 11.4 Å². The SMILES string of the molecule is CCC1CCC(C(O)Cc2ccc(Cl)cc2F)CC1. The first kappa shape index (κ1) is 14.8. The maximum atomic E-state index is 13.7. The van der Waals surface area contributed by atoms with Crippen molar-refractivity contribution in [2.45, 2.75) is 51.6 Å². The molecular formula is C16H22ClFO. The highest BCUT2D eigenvalue weighted by atomic mass is 35.5. The first-order valence-electron chi connectivity index (χ1n) is 7.22. The Labute approximate surface area is 119 Å². The van der Waals surface area contributed by atoms with Gasteiger partial charge in [0.1, 0.15) is 5.82 Å². The van der Waals surface area contributed by atoms with E-state index in [9.17, 15) is 9.50 Å². The van der Waals surface area contributed by atoms with E-state index in [4.69, 9.17) is 11.6 Å². The van der Waals surface area contributed by atoms with E-state index in [1.807, 2.05) is 0 Å². The quantitative estimate of drug-likeness (QED) is 0.857. The molecule has 1 aromatic carbocycles. The summed E-state index contributed by atoms with van der Waals surface area (Å²) in [4.78, 5) is 0. The van der Waals surface area contributed by atoms with Crippen molar-refractivity contribution in [2.75, 3.05) is 0 Å². The first-order valence-corrected chi connectivity index (χ1v) is 7.60. The van der Waals surface area contributed by atoms with Crippen LogP contribution in [-0.4, -0.2) is 11.2 Å². The summed E-state index contributed by atoms with van der Waals surface area (Å²) in [6.07, 6.45) is 5.71. The summed E-state index contributed by atoms with van der Waals surface area (Å²) in [6, 6.07) is 4.68. The number of benzene rings is 1. The van der Waals surface area contributed by atoms with Gasteiger partial charge in [0.05, 0.1) is 6.10 Å². The molecule has 1 N–H and O–H groups in total. The van der Waals surface area contributed by atoms with Crippen LogP contribution < -0.4 is 0 Å². The Kier molecular flexibility index (Phi) is 5.23. The summed E-state index contributed by atoms with van der Waals surface area (Å²) in [5.41, 5.74) is 0.564. The van der Waals surface area contributed by atoms with Crippen LogP contribution in [0.5, 0.6) is 0 Å². The molecule has 106 valence electrons. The van der Waals surface area contributed by atoms with Crippen LogP contribution in [0.3, 0.4) is 0 Å². The zero-order chi connectivity index (χ0) is 13.8. The van der Waals surface area contributed by atoms with Crippen molar-refractivity contribution in [1.82, 2.24) is 0 Å². The Morgan fingerprint density at radius 2 is 2.00 bits per heavy atom. The van der Waals surface area contributed by atoms with E-state index >= 15 is 0 Å². The minimum atomic E-state index is -0.437. The molecule has 1 aliphatic carbocycles. The van der Waals surface area contributed by atoms with Gasteiger partial charge in [0.25, 0.3) is 0 Å². The van der Waals surface area contributed by atoms with Crippen molar-refractivity contribution >= 4 is 11.6 Å². The van der Waals surface area contributed by atoms with E-state index in [2.05, 4.69) is 6.92 Å². The van der Waals surface area contributed by atoms with Crippen molar-refractivity contribution in [3.63, 3.8) is 0 Å². The Morgan fingerprint density at radius 3 is 2.58 bits per heavy atom. The van der Waals surface area contributed by atoms with Crippen LogP contribution in [0.2, 0.25) is 5.02 Å². The molecule has 1 atom stereocenters. The molecule has 0 radical (unpaired) electrons. The van der Waals surface area contributed by atoms with E-state index in [0.29, 0.717) is 22.9 Å². The van der Waals surface area contributed by atoms with Crippen molar-refractivity contribution in [2.24, 2.45) is 11.8 Å². The van der Waals surface area contributed by atoms with E-state index < -0.39 is 6.10 Å². The monoisotopic (exact) mass is 284 g/mol. The van der Waals surface area contributed by atoms with Crippen molar-refractivity contribution < 1.29 is 9.50 Å². The van der Waals surface area contributed by atoms with Crippen LogP contribution >= 0.6 is 11.6 Å². The lowest BCUT2D eigenvalue weighted by Gasteiger charge is -2.31. The van der Waals surface area contributed by atoms with Crippen LogP contribution in [0.4, 0.5) is 4.39 Å². The molecule has 1 aliphatic rings. The Bertz CT molecular complexity index is 413. The zero-order valence-electron chi connectivity index (χ0n) is 11.4. The molecule has 1 aromatic rings. The third-order valence-electron chi connectivity index (χ3n) is 4.46. The highest BCUT2D eigenvalue weighted by molar-refractivity contribution is 6.30.